The lowest BCUT2D eigenvalue weighted by atomic mass is 9.90. The number of aromatic nitrogens is 3. The van der Waals surface area contributed by atoms with Crippen molar-refractivity contribution in [2.45, 2.75) is 0 Å². The lowest BCUT2D eigenvalue weighted by Crippen LogP contribution is -1.96. The van der Waals surface area contributed by atoms with Gasteiger partial charge in [0.05, 0.1) is 23.5 Å². The Kier molecular flexibility index (Phi) is 6.89. The van der Waals surface area contributed by atoms with E-state index in [1.54, 1.807) is 0 Å². The smallest absolute Gasteiger partial charge is 0.189 e. The molecule has 0 saturated heterocycles. The monoisotopic (exact) mass is 698 g/mol. The van der Waals surface area contributed by atoms with E-state index >= 15 is 0 Å². The third kappa shape index (κ3) is 5.06. The maximum atomic E-state index is 7.66. The molecule has 0 unspecified atom stereocenters. The fourth-order valence-corrected chi connectivity index (χ4v) is 8.33. The van der Waals surface area contributed by atoms with Gasteiger partial charge < -0.3 is 4.57 Å². The molecule has 0 saturated carbocycles. The van der Waals surface area contributed by atoms with Crippen molar-refractivity contribution >= 4 is 59.8 Å². The van der Waals surface area contributed by atoms with E-state index in [9.17, 15) is 0 Å². The number of nitrogens with zero attached hydrogens (tertiary/aromatic N) is 4. The molecule has 0 radical (unpaired) electrons. The third-order valence-corrected chi connectivity index (χ3v) is 10.9. The maximum absolute atomic E-state index is 7.66. The fraction of sp³-hybridized carbons (Fsp3) is 0. The molecule has 0 aliphatic heterocycles. The molecule has 0 aliphatic rings. The lowest BCUT2D eigenvalue weighted by Gasteiger charge is -2.15. The van der Waals surface area contributed by atoms with Crippen molar-refractivity contribution in [3.8, 4) is 50.7 Å². The number of hydrogen-bond acceptors (Lipinski definition) is 2. The molecule has 2 heterocycles. The normalized spacial score (nSPS) is 11.6. The second-order valence-electron chi connectivity index (χ2n) is 14.1. The Morgan fingerprint density at radius 1 is 0.400 bits per heavy atom. The predicted octanol–water partition coefficient (Wildman–Crippen LogP) is 13.7. The predicted molar refractivity (Wildman–Crippen MR) is 228 cm³/mol. The highest BCUT2D eigenvalue weighted by molar-refractivity contribution is 6.24. The van der Waals surface area contributed by atoms with Crippen molar-refractivity contribution < 1.29 is 0 Å². The van der Waals surface area contributed by atoms with Crippen LogP contribution in [-0.4, -0.2) is 14.5 Å². The molecule has 0 bridgehead atoms. The molecule has 0 aliphatic carbocycles. The molecule has 0 atom stereocenters. The standard InChI is InChI=1S/C51H30N4/c1-52-41-22-24-44-43-23-21-34(29-47(43)55(48(44)30-41)42-15-9-4-10-16-42)39-25-35-17-19-37-27-40(28-38-20-18-36(26-39)49(35)50(37)38)51-53-45(32-11-5-2-6-12-32)31-46(54-51)33-13-7-3-8-14-33/h2-31H. The fourth-order valence-electron chi connectivity index (χ4n) is 8.33. The first-order valence-electron chi connectivity index (χ1n) is 18.4. The van der Waals surface area contributed by atoms with E-state index in [-0.39, 0.29) is 0 Å². The number of benzene rings is 9. The summed E-state index contributed by atoms with van der Waals surface area (Å²) in [5.74, 6) is 0.710. The minimum atomic E-state index is 0.636. The van der Waals surface area contributed by atoms with Crippen molar-refractivity contribution in [1.29, 1.82) is 0 Å². The van der Waals surface area contributed by atoms with E-state index in [1.165, 1.54) is 43.3 Å². The Hall–Kier alpha value is -7.61. The van der Waals surface area contributed by atoms with Gasteiger partial charge in [0.1, 0.15) is 0 Å². The van der Waals surface area contributed by atoms with Crippen LogP contribution in [0.5, 0.6) is 0 Å². The van der Waals surface area contributed by atoms with Gasteiger partial charge in [0.2, 0.25) is 0 Å². The minimum Gasteiger partial charge on any atom is -0.310 e. The average molecular weight is 699 g/mol. The maximum Gasteiger partial charge on any atom is 0.189 e. The molecule has 55 heavy (non-hydrogen) atoms. The van der Waals surface area contributed by atoms with Gasteiger partial charge in [-0.05, 0) is 98.0 Å². The Labute approximate surface area is 317 Å². The van der Waals surface area contributed by atoms with E-state index in [0.29, 0.717) is 11.5 Å². The Morgan fingerprint density at radius 2 is 0.891 bits per heavy atom. The molecule has 0 N–H and O–H groups in total. The second-order valence-corrected chi connectivity index (χ2v) is 14.1. The minimum absolute atomic E-state index is 0.636. The molecular weight excluding hydrogens is 669 g/mol. The van der Waals surface area contributed by atoms with Gasteiger partial charge >= 0.3 is 0 Å². The highest BCUT2D eigenvalue weighted by Gasteiger charge is 2.17. The summed E-state index contributed by atoms with van der Waals surface area (Å²) in [5, 5.41) is 9.57. The lowest BCUT2D eigenvalue weighted by molar-refractivity contribution is 1.18. The first kappa shape index (κ1) is 31.0. The van der Waals surface area contributed by atoms with Crippen molar-refractivity contribution in [2.75, 3.05) is 0 Å². The van der Waals surface area contributed by atoms with Crippen LogP contribution in [0, 0.1) is 6.57 Å². The molecular formula is C51H30N4. The van der Waals surface area contributed by atoms with E-state index in [4.69, 9.17) is 16.5 Å². The van der Waals surface area contributed by atoms with Crippen molar-refractivity contribution in [3.05, 3.63) is 193 Å². The Morgan fingerprint density at radius 3 is 1.44 bits per heavy atom. The zero-order valence-corrected chi connectivity index (χ0v) is 29.6. The zero-order valence-electron chi connectivity index (χ0n) is 29.6. The number of para-hydroxylation sites is 1. The van der Waals surface area contributed by atoms with E-state index in [1.807, 2.05) is 54.6 Å². The molecule has 0 fully saturated rings. The Bertz CT molecular complexity index is 3180. The number of fused-ring (bicyclic) bond motifs is 3. The van der Waals surface area contributed by atoms with Crippen LogP contribution in [0.4, 0.5) is 5.69 Å². The third-order valence-electron chi connectivity index (χ3n) is 10.9. The highest BCUT2D eigenvalue weighted by Crippen LogP contribution is 2.41. The summed E-state index contributed by atoms with van der Waals surface area (Å²) in [6, 6.07) is 64.0. The van der Waals surface area contributed by atoms with Gasteiger partial charge in [-0.15, -0.1) is 0 Å². The summed E-state index contributed by atoms with van der Waals surface area (Å²) in [7, 11) is 0. The van der Waals surface area contributed by atoms with Crippen LogP contribution >= 0.6 is 0 Å². The molecule has 11 rings (SSSR count). The summed E-state index contributed by atoms with van der Waals surface area (Å²) >= 11 is 0. The van der Waals surface area contributed by atoms with Gasteiger partial charge in [-0.2, -0.15) is 0 Å². The molecule has 9 aromatic carbocycles. The summed E-state index contributed by atoms with van der Waals surface area (Å²) in [6.07, 6.45) is 0. The zero-order chi connectivity index (χ0) is 36.5. The second kappa shape index (κ2) is 12.2. The Balaban J connectivity index is 1.06. The van der Waals surface area contributed by atoms with Crippen molar-refractivity contribution in [2.24, 2.45) is 0 Å². The average Bonchev–Trinajstić information content (AvgIpc) is 3.58. The van der Waals surface area contributed by atoms with E-state index in [0.717, 1.165) is 55.7 Å². The van der Waals surface area contributed by atoms with Gasteiger partial charge in [-0.25, -0.2) is 14.8 Å². The van der Waals surface area contributed by atoms with Crippen LogP contribution in [0.1, 0.15) is 0 Å². The molecule has 2 aromatic heterocycles. The molecule has 0 amide bonds. The van der Waals surface area contributed by atoms with E-state index < -0.39 is 0 Å². The molecule has 11 aromatic rings. The van der Waals surface area contributed by atoms with Gasteiger partial charge in [-0.3, -0.25) is 0 Å². The van der Waals surface area contributed by atoms with Crippen LogP contribution in [0.3, 0.4) is 0 Å². The largest absolute Gasteiger partial charge is 0.310 e. The van der Waals surface area contributed by atoms with Gasteiger partial charge in [0, 0.05) is 38.7 Å². The van der Waals surface area contributed by atoms with Crippen LogP contribution in [0.2, 0.25) is 0 Å². The summed E-state index contributed by atoms with van der Waals surface area (Å²) in [6.45, 7) is 7.66. The molecule has 4 heteroatoms. The highest BCUT2D eigenvalue weighted by atomic mass is 15.0. The number of hydrogen-bond donors (Lipinski definition) is 0. The molecule has 4 nitrogen and oxygen atoms in total. The summed E-state index contributed by atoms with van der Waals surface area (Å²) < 4.78 is 2.28. The summed E-state index contributed by atoms with van der Waals surface area (Å²) in [4.78, 5) is 14.0. The topological polar surface area (TPSA) is 35.1 Å². The van der Waals surface area contributed by atoms with Crippen LogP contribution in [0.15, 0.2) is 182 Å². The SMILES string of the molecule is [C-]#[N+]c1ccc2c3ccc(-c4cc5ccc6cc(-c7nc(-c8ccccc8)cc(-c8ccccc8)n7)cc7ccc(c4)c5c67)cc3n(-c3ccccc3)c2c1. The first-order chi connectivity index (χ1) is 27.2. The van der Waals surface area contributed by atoms with Gasteiger partial charge in [-0.1, -0.05) is 127 Å². The summed E-state index contributed by atoms with van der Waals surface area (Å²) in [5.41, 5.74) is 11.1. The van der Waals surface area contributed by atoms with Crippen molar-refractivity contribution in [1.82, 2.24) is 14.5 Å². The van der Waals surface area contributed by atoms with Crippen LogP contribution in [-0.2, 0) is 0 Å². The van der Waals surface area contributed by atoms with Crippen LogP contribution < -0.4 is 0 Å². The van der Waals surface area contributed by atoms with Crippen LogP contribution in [0.25, 0.3) is 110 Å². The molecule has 0 spiro atoms. The van der Waals surface area contributed by atoms with Gasteiger partial charge in [0.15, 0.2) is 11.5 Å². The van der Waals surface area contributed by atoms with Gasteiger partial charge in [0.25, 0.3) is 0 Å². The van der Waals surface area contributed by atoms with Crippen molar-refractivity contribution in [3.63, 3.8) is 0 Å². The molecule has 254 valence electrons. The quantitative estimate of drug-likeness (QED) is 0.132. The number of rotatable bonds is 5. The first-order valence-corrected chi connectivity index (χ1v) is 18.4. The van der Waals surface area contributed by atoms with E-state index in [2.05, 4.69) is 137 Å².